The molecule has 2 rings (SSSR count). The molecule has 0 aromatic heterocycles. The Morgan fingerprint density at radius 3 is 2.45 bits per heavy atom. The zero-order valence-corrected chi connectivity index (χ0v) is 15.5. The maximum Gasteiger partial charge on any atom is 0.191 e. The van der Waals surface area contributed by atoms with E-state index in [0.29, 0.717) is 12.1 Å². The summed E-state index contributed by atoms with van der Waals surface area (Å²) in [6.07, 6.45) is 5.20. The minimum atomic E-state index is 0. The van der Waals surface area contributed by atoms with E-state index in [1.54, 1.807) is 0 Å². The molecule has 2 fully saturated rings. The number of aliphatic imine (C=N–C) groups is 1. The lowest BCUT2D eigenvalue weighted by atomic mass is 10.2. The smallest absolute Gasteiger partial charge is 0.191 e. The third-order valence-corrected chi connectivity index (χ3v) is 4.36. The van der Waals surface area contributed by atoms with Gasteiger partial charge in [0.05, 0.1) is 6.54 Å². The second-order valence-electron chi connectivity index (χ2n) is 5.99. The number of hydrogen-bond donors (Lipinski definition) is 2. The molecule has 20 heavy (non-hydrogen) atoms. The van der Waals surface area contributed by atoms with Crippen molar-refractivity contribution in [3.8, 4) is 0 Å². The zero-order chi connectivity index (χ0) is 13.7. The van der Waals surface area contributed by atoms with E-state index >= 15 is 0 Å². The van der Waals surface area contributed by atoms with E-state index in [1.165, 1.54) is 38.8 Å². The lowest BCUT2D eigenvalue weighted by Gasteiger charge is -2.25. The van der Waals surface area contributed by atoms with Gasteiger partial charge in [0.25, 0.3) is 0 Å². The van der Waals surface area contributed by atoms with Gasteiger partial charge in [-0.2, -0.15) is 0 Å². The maximum absolute atomic E-state index is 4.80. The van der Waals surface area contributed by atoms with Crippen LogP contribution in [0.15, 0.2) is 4.99 Å². The van der Waals surface area contributed by atoms with E-state index in [4.69, 9.17) is 4.99 Å². The Labute approximate surface area is 141 Å². The van der Waals surface area contributed by atoms with Gasteiger partial charge in [-0.05, 0) is 51.6 Å². The molecule has 1 saturated carbocycles. The summed E-state index contributed by atoms with van der Waals surface area (Å²) in [7, 11) is 0. The molecule has 1 aliphatic carbocycles. The molecule has 0 radical (unpaired) electrons. The number of rotatable bonds is 6. The largest absolute Gasteiger partial charge is 0.357 e. The van der Waals surface area contributed by atoms with Crippen molar-refractivity contribution in [1.82, 2.24) is 15.5 Å². The van der Waals surface area contributed by atoms with Crippen LogP contribution in [-0.4, -0.2) is 49.1 Å². The van der Waals surface area contributed by atoms with Crippen LogP contribution in [-0.2, 0) is 0 Å². The van der Waals surface area contributed by atoms with Crippen LogP contribution in [0.25, 0.3) is 0 Å². The highest BCUT2D eigenvalue weighted by Gasteiger charge is 2.33. The van der Waals surface area contributed by atoms with E-state index in [2.05, 4.69) is 36.3 Å². The molecule has 0 spiro atoms. The molecule has 1 heterocycles. The molecule has 1 saturated heterocycles. The molecule has 118 valence electrons. The van der Waals surface area contributed by atoms with E-state index < -0.39 is 0 Å². The predicted octanol–water partition coefficient (Wildman–Crippen LogP) is 2.44. The fourth-order valence-corrected chi connectivity index (χ4v) is 2.82. The average molecular weight is 394 g/mol. The highest BCUT2D eigenvalue weighted by atomic mass is 127. The first-order valence-corrected chi connectivity index (χ1v) is 8.03. The van der Waals surface area contributed by atoms with Gasteiger partial charge >= 0.3 is 0 Å². The summed E-state index contributed by atoms with van der Waals surface area (Å²) >= 11 is 0. The summed E-state index contributed by atoms with van der Waals surface area (Å²) in [5, 5.41) is 6.90. The SMILES string of the molecule is CCNC(=NCC(CC)N1CCCC1)NC1CC1C.I. The van der Waals surface area contributed by atoms with Crippen LogP contribution in [0.5, 0.6) is 0 Å². The number of nitrogens with zero attached hydrogens (tertiary/aromatic N) is 2. The molecule has 2 aliphatic rings. The van der Waals surface area contributed by atoms with E-state index in [0.717, 1.165) is 25.0 Å². The Morgan fingerprint density at radius 2 is 1.95 bits per heavy atom. The first-order chi connectivity index (χ1) is 9.24. The standard InChI is InChI=1S/C15H30N4.HI/c1-4-13(19-8-6-7-9-19)11-17-15(16-5-2)18-14-10-12(14)3;/h12-14H,4-11H2,1-3H3,(H2,16,17,18);1H. The first kappa shape index (κ1) is 18.0. The number of hydrogen-bond acceptors (Lipinski definition) is 2. The summed E-state index contributed by atoms with van der Waals surface area (Å²) in [4.78, 5) is 7.40. The monoisotopic (exact) mass is 394 g/mol. The summed E-state index contributed by atoms with van der Waals surface area (Å²) in [6, 6.07) is 1.26. The molecule has 4 nitrogen and oxygen atoms in total. The van der Waals surface area contributed by atoms with Gasteiger partial charge in [-0.15, -0.1) is 24.0 Å². The van der Waals surface area contributed by atoms with E-state index in [1.807, 2.05) is 0 Å². The Kier molecular flexibility index (Phi) is 8.17. The van der Waals surface area contributed by atoms with Gasteiger partial charge < -0.3 is 10.6 Å². The van der Waals surface area contributed by atoms with E-state index in [-0.39, 0.29) is 24.0 Å². The third-order valence-electron chi connectivity index (χ3n) is 4.36. The van der Waals surface area contributed by atoms with Crippen LogP contribution in [0, 0.1) is 5.92 Å². The van der Waals surface area contributed by atoms with Gasteiger partial charge in [0.2, 0.25) is 0 Å². The second-order valence-corrected chi connectivity index (χ2v) is 5.99. The van der Waals surface area contributed by atoms with Crippen molar-refractivity contribution in [2.75, 3.05) is 26.2 Å². The van der Waals surface area contributed by atoms with Gasteiger partial charge in [0.15, 0.2) is 5.96 Å². The third kappa shape index (κ3) is 5.39. The highest BCUT2D eigenvalue weighted by molar-refractivity contribution is 14.0. The van der Waals surface area contributed by atoms with Crippen molar-refractivity contribution < 1.29 is 0 Å². The van der Waals surface area contributed by atoms with Crippen molar-refractivity contribution >= 4 is 29.9 Å². The fraction of sp³-hybridized carbons (Fsp3) is 0.933. The minimum absolute atomic E-state index is 0. The summed E-state index contributed by atoms with van der Waals surface area (Å²) in [5.74, 6) is 1.82. The van der Waals surface area contributed by atoms with Crippen LogP contribution >= 0.6 is 24.0 Å². The van der Waals surface area contributed by atoms with E-state index in [9.17, 15) is 0 Å². The van der Waals surface area contributed by atoms with Gasteiger partial charge in [-0.25, -0.2) is 0 Å². The Balaban J connectivity index is 0.00000200. The van der Waals surface area contributed by atoms with Crippen LogP contribution in [0.1, 0.15) is 46.5 Å². The second kappa shape index (κ2) is 9.07. The average Bonchev–Trinajstić information content (AvgIpc) is 2.89. The summed E-state index contributed by atoms with van der Waals surface area (Å²) in [5.41, 5.74) is 0. The zero-order valence-electron chi connectivity index (χ0n) is 13.2. The van der Waals surface area contributed by atoms with Crippen molar-refractivity contribution in [1.29, 1.82) is 0 Å². The van der Waals surface area contributed by atoms with Gasteiger partial charge in [0.1, 0.15) is 0 Å². The molecule has 5 heteroatoms. The predicted molar refractivity (Wildman–Crippen MR) is 97.0 cm³/mol. The lowest BCUT2D eigenvalue weighted by molar-refractivity contribution is 0.242. The molecule has 0 bridgehead atoms. The van der Waals surface area contributed by atoms with Crippen molar-refractivity contribution in [3.05, 3.63) is 0 Å². The molecular weight excluding hydrogens is 363 g/mol. The number of likely N-dealkylation sites (tertiary alicyclic amines) is 1. The molecule has 0 amide bonds. The molecule has 0 aromatic carbocycles. The minimum Gasteiger partial charge on any atom is -0.357 e. The Hall–Kier alpha value is -0.0400. The Morgan fingerprint density at radius 1 is 1.30 bits per heavy atom. The molecule has 3 unspecified atom stereocenters. The fourth-order valence-electron chi connectivity index (χ4n) is 2.82. The molecule has 2 N–H and O–H groups in total. The molecule has 0 aromatic rings. The number of halogens is 1. The van der Waals surface area contributed by atoms with Crippen molar-refractivity contribution in [3.63, 3.8) is 0 Å². The lowest BCUT2D eigenvalue weighted by Crippen LogP contribution is -2.41. The topological polar surface area (TPSA) is 39.7 Å². The van der Waals surface area contributed by atoms with Crippen molar-refractivity contribution in [2.45, 2.75) is 58.5 Å². The van der Waals surface area contributed by atoms with Gasteiger partial charge in [-0.1, -0.05) is 13.8 Å². The van der Waals surface area contributed by atoms with Crippen LogP contribution in [0.4, 0.5) is 0 Å². The highest BCUT2D eigenvalue weighted by Crippen LogP contribution is 2.28. The molecule has 3 atom stereocenters. The number of nitrogens with one attached hydrogen (secondary N) is 2. The quantitative estimate of drug-likeness (QED) is 0.413. The van der Waals surface area contributed by atoms with Crippen LogP contribution in [0.3, 0.4) is 0 Å². The van der Waals surface area contributed by atoms with Gasteiger partial charge in [-0.3, -0.25) is 9.89 Å². The van der Waals surface area contributed by atoms with Crippen LogP contribution < -0.4 is 10.6 Å². The summed E-state index contributed by atoms with van der Waals surface area (Å²) < 4.78 is 0. The van der Waals surface area contributed by atoms with Gasteiger partial charge in [0, 0.05) is 18.6 Å². The normalized spacial score (nSPS) is 27.9. The first-order valence-electron chi connectivity index (χ1n) is 8.03. The van der Waals surface area contributed by atoms with Crippen molar-refractivity contribution in [2.24, 2.45) is 10.9 Å². The summed E-state index contributed by atoms with van der Waals surface area (Å²) in [6.45, 7) is 11.1. The van der Waals surface area contributed by atoms with Crippen LogP contribution in [0.2, 0.25) is 0 Å². The molecule has 1 aliphatic heterocycles. The molecular formula is C15H31IN4. The maximum atomic E-state index is 4.80. The number of guanidine groups is 1. The Bertz CT molecular complexity index is 302.